The number of pyridine rings is 2. The summed E-state index contributed by atoms with van der Waals surface area (Å²) in [6, 6.07) is 52.2. The van der Waals surface area contributed by atoms with Crippen molar-refractivity contribution in [1.82, 2.24) is 19.5 Å². The Hall–Kier alpha value is -5.92. The average Bonchev–Trinajstić information content (AvgIpc) is 3.94. The Balaban J connectivity index is 0.000000212. The standard InChI is InChI=1S/C40H38N3O.C24H28GeN.Ir/c1-24(2)31-20-27(26-14-9-8-10-15-26)21-32(25(3)4)37(31)43-34-23-41-22-33(40(5,6)7)36(34)42-39(43)30-18-13-17-29-28-16-11-12-19-35(28)44-38(29)30;1-18-12-14-19(15-13-18)23-16-21(22(17-26-23)25(4,5)6)24(2,3)20-10-8-7-9-11-20;/h8-17,19-25H,1-7H3;7-14,16-17H,1-6H3;/q2*-1;/i;1D3;. The molecule has 0 aliphatic rings. The maximum Gasteiger partial charge on any atom is 0 e. The second kappa shape index (κ2) is 20.3. The van der Waals surface area contributed by atoms with Gasteiger partial charge in [0.1, 0.15) is 5.58 Å². The number of aromatic nitrogens is 4. The fourth-order valence-electron chi connectivity index (χ4n) is 9.72. The predicted octanol–water partition coefficient (Wildman–Crippen LogP) is 16.7. The number of hydrogen-bond acceptors (Lipinski definition) is 4. The first kappa shape index (κ1) is 47.4. The van der Waals surface area contributed by atoms with Crippen LogP contribution in [-0.4, -0.2) is 32.8 Å². The van der Waals surface area contributed by atoms with Gasteiger partial charge in [-0.05, 0) is 57.7 Å². The molecule has 0 aliphatic heterocycles. The predicted molar refractivity (Wildman–Crippen MR) is 298 cm³/mol. The second-order valence-electron chi connectivity index (χ2n) is 21.8. The molecule has 0 saturated heterocycles. The van der Waals surface area contributed by atoms with E-state index in [4.69, 9.17) is 23.5 Å². The second-order valence-corrected chi connectivity index (χ2v) is 32.4. The van der Waals surface area contributed by atoms with Gasteiger partial charge in [-0.15, -0.1) is 18.2 Å². The molecular formula is C64H66GeIrN4O-2. The summed E-state index contributed by atoms with van der Waals surface area (Å²) in [6.07, 6.45) is 5.99. The summed E-state index contributed by atoms with van der Waals surface area (Å²) in [7, 11) is 0. The van der Waals surface area contributed by atoms with E-state index < -0.39 is 20.1 Å². The van der Waals surface area contributed by atoms with Crippen molar-refractivity contribution in [3.05, 3.63) is 198 Å². The Bertz CT molecular complexity index is 3570. The minimum atomic E-state index is -2.18. The summed E-state index contributed by atoms with van der Waals surface area (Å²) in [5.74, 6) is 8.51. The number of aryl methyl sites for hydroxylation is 1. The molecule has 0 bridgehead atoms. The van der Waals surface area contributed by atoms with Crippen LogP contribution in [0.2, 0.25) is 17.3 Å². The van der Waals surface area contributed by atoms with Gasteiger partial charge in [0.05, 0.1) is 28.6 Å². The van der Waals surface area contributed by atoms with E-state index in [0.29, 0.717) is 5.56 Å². The molecule has 71 heavy (non-hydrogen) atoms. The van der Waals surface area contributed by atoms with Crippen molar-refractivity contribution in [2.45, 2.75) is 109 Å². The van der Waals surface area contributed by atoms with Crippen molar-refractivity contribution in [3.63, 3.8) is 0 Å². The molecule has 10 aromatic rings. The molecule has 0 atom stereocenters. The average molecular weight is 1180 g/mol. The van der Waals surface area contributed by atoms with E-state index in [0.717, 1.165) is 61.2 Å². The van der Waals surface area contributed by atoms with Crippen LogP contribution in [0.1, 0.15) is 112 Å². The number of imidazole rings is 1. The fourth-order valence-corrected chi connectivity index (χ4v) is 13.2. The van der Waals surface area contributed by atoms with Gasteiger partial charge in [-0.1, -0.05) is 108 Å². The van der Waals surface area contributed by atoms with Crippen molar-refractivity contribution in [1.29, 1.82) is 0 Å². The van der Waals surface area contributed by atoms with Gasteiger partial charge in [0.15, 0.2) is 0 Å². The zero-order valence-electron chi connectivity index (χ0n) is 46.1. The fraction of sp³-hybridized carbons (Fsp3) is 0.266. The summed E-state index contributed by atoms with van der Waals surface area (Å²) in [4.78, 5) is 15.0. The third-order valence-corrected chi connectivity index (χ3v) is 17.9. The molecule has 10 rings (SSSR count). The number of para-hydroxylation sites is 1. The Morgan fingerprint density at radius 1 is 0.690 bits per heavy atom. The van der Waals surface area contributed by atoms with Crippen LogP contribution < -0.4 is 4.40 Å². The molecule has 0 N–H and O–H groups in total. The van der Waals surface area contributed by atoms with Gasteiger partial charge in [-0.3, -0.25) is 9.97 Å². The summed E-state index contributed by atoms with van der Waals surface area (Å²) in [6.45, 7) is 18.2. The third-order valence-electron chi connectivity index (χ3n) is 13.7. The monoisotopic (exact) mass is 1180 g/mol. The van der Waals surface area contributed by atoms with Gasteiger partial charge >= 0.3 is 165 Å². The van der Waals surface area contributed by atoms with Crippen LogP contribution in [0, 0.1) is 19.0 Å². The van der Waals surface area contributed by atoms with Crippen molar-refractivity contribution >= 4 is 50.6 Å². The summed E-state index contributed by atoms with van der Waals surface area (Å²) >= 11 is -2.18. The molecule has 4 heterocycles. The van der Waals surface area contributed by atoms with E-state index in [-0.39, 0.29) is 42.8 Å². The van der Waals surface area contributed by atoms with Crippen LogP contribution in [-0.2, 0) is 30.9 Å². The first-order valence-corrected chi connectivity index (χ1v) is 31.9. The molecule has 0 amide bonds. The quantitative estimate of drug-likeness (QED) is 0.107. The zero-order chi connectivity index (χ0) is 52.2. The zero-order valence-corrected chi connectivity index (χ0v) is 47.6. The van der Waals surface area contributed by atoms with Gasteiger partial charge in [-0.25, -0.2) is 0 Å². The minimum Gasteiger partial charge on any atom is 0 e. The normalized spacial score (nSPS) is 13.0. The van der Waals surface area contributed by atoms with Crippen LogP contribution in [0.25, 0.3) is 72.4 Å². The van der Waals surface area contributed by atoms with Crippen LogP contribution in [0.5, 0.6) is 0 Å². The van der Waals surface area contributed by atoms with Gasteiger partial charge in [-0.2, -0.15) is 0 Å². The maximum atomic E-state index is 7.56. The molecule has 1 radical (unpaired) electrons. The van der Waals surface area contributed by atoms with E-state index in [2.05, 4.69) is 187 Å². The van der Waals surface area contributed by atoms with E-state index >= 15 is 0 Å². The summed E-state index contributed by atoms with van der Waals surface area (Å²) < 4.78 is 33.0. The third kappa shape index (κ3) is 10.1. The Kier molecular flexibility index (Phi) is 13.6. The molecule has 0 aliphatic carbocycles. The number of benzene rings is 6. The molecule has 0 saturated carbocycles. The SMILES string of the molecule is CC(C)c1cc(-c2ccccc2)cc(C(C)C)c1-n1c(-c2[c-]ccc3c2oc2ccccc23)nc2c(C(C)(C)C)cncc21.[2H]C([2H])([2H])c1c[c-]c(-c2cc(C(C)(C)c3ccccc3)[c]([Ge]([CH3])([CH3])[CH3])cn2)cc1.[Ir]. The molecule has 7 heteroatoms. The van der Waals surface area contributed by atoms with Gasteiger partial charge in [0.25, 0.3) is 0 Å². The molecule has 4 aromatic heterocycles. The van der Waals surface area contributed by atoms with Gasteiger partial charge in [0.2, 0.25) is 0 Å². The molecular weight excluding hydrogens is 1110 g/mol. The Labute approximate surface area is 442 Å². The largest absolute Gasteiger partial charge is 0 e. The number of fused-ring (bicyclic) bond motifs is 4. The smallest absolute Gasteiger partial charge is 0 e. The summed E-state index contributed by atoms with van der Waals surface area (Å²) in [5, 5.41) is 2.16. The number of nitrogens with zero attached hydrogens (tertiary/aromatic N) is 4. The number of hydrogen-bond donors (Lipinski definition) is 0. The van der Waals surface area contributed by atoms with Crippen LogP contribution in [0.4, 0.5) is 0 Å². The summed E-state index contributed by atoms with van der Waals surface area (Å²) in [5.41, 5.74) is 16.0. The van der Waals surface area contributed by atoms with Gasteiger partial charge in [0, 0.05) is 42.9 Å². The van der Waals surface area contributed by atoms with Crippen molar-refractivity contribution in [2.24, 2.45) is 0 Å². The number of furan rings is 1. The number of rotatable bonds is 9. The first-order chi connectivity index (χ1) is 34.5. The van der Waals surface area contributed by atoms with E-state index in [1.165, 1.54) is 43.5 Å². The Morgan fingerprint density at radius 3 is 1.97 bits per heavy atom. The van der Waals surface area contributed by atoms with E-state index in [1.54, 1.807) is 12.1 Å². The van der Waals surface area contributed by atoms with Crippen LogP contribution >= 0.6 is 0 Å². The Morgan fingerprint density at radius 2 is 1.35 bits per heavy atom. The molecule has 5 nitrogen and oxygen atoms in total. The van der Waals surface area contributed by atoms with E-state index in [9.17, 15) is 0 Å². The molecule has 6 aromatic carbocycles. The van der Waals surface area contributed by atoms with Gasteiger partial charge < -0.3 is 8.98 Å². The van der Waals surface area contributed by atoms with E-state index in [1.807, 2.05) is 48.9 Å². The van der Waals surface area contributed by atoms with Crippen LogP contribution in [0.3, 0.4) is 0 Å². The molecule has 363 valence electrons. The van der Waals surface area contributed by atoms with Crippen molar-refractivity contribution in [2.75, 3.05) is 0 Å². The minimum absolute atomic E-state index is 0. The molecule has 0 fully saturated rings. The maximum absolute atomic E-state index is 7.56. The molecule has 0 unspecified atom stereocenters. The topological polar surface area (TPSA) is 56.7 Å². The van der Waals surface area contributed by atoms with Crippen LogP contribution in [0.15, 0.2) is 156 Å². The van der Waals surface area contributed by atoms with Crippen molar-refractivity contribution < 1.29 is 28.6 Å². The first-order valence-electron chi connectivity index (χ1n) is 26.1. The molecule has 0 spiro atoms. The van der Waals surface area contributed by atoms with Crippen molar-refractivity contribution in [3.8, 4) is 39.5 Å².